The second-order valence-corrected chi connectivity index (χ2v) is 5.82. The van der Waals surface area contributed by atoms with E-state index in [9.17, 15) is 19.8 Å². The van der Waals surface area contributed by atoms with Crippen LogP contribution in [0.2, 0.25) is 0 Å². The van der Waals surface area contributed by atoms with Crippen molar-refractivity contribution in [3.8, 4) is 0 Å². The number of aliphatic hydroxyl groups is 1. The summed E-state index contributed by atoms with van der Waals surface area (Å²) in [5.41, 5.74) is 0. The van der Waals surface area contributed by atoms with E-state index in [1.165, 1.54) is 0 Å². The molecule has 0 aliphatic rings. The summed E-state index contributed by atoms with van der Waals surface area (Å²) in [5.74, 6) is -1.85. The minimum Gasteiger partial charge on any atom is -0.550 e. The summed E-state index contributed by atoms with van der Waals surface area (Å²) in [6.45, 7) is 2.19. The van der Waals surface area contributed by atoms with Gasteiger partial charge in [0.05, 0.1) is 33.7 Å². The predicted molar refractivity (Wildman–Crippen MR) is 72.5 cm³/mol. The average molecular weight is 287 g/mol. The van der Waals surface area contributed by atoms with E-state index in [4.69, 9.17) is 4.74 Å². The lowest BCUT2D eigenvalue weighted by molar-refractivity contribution is -0.873. The quantitative estimate of drug-likeness (QED) is 0.350. The molecule has 6 heteroatoms. The summed E-state index contributed by atoms with van der Waals surface area (Å²) >= 11 is 0. The Kier molecular flexibility index (Phi) is 8.10. The molecular formula is C14H25NO5. The zero-order valence-electron chi connectivity index (χ0n) is 12.7. The molecule has 0 heterocycles. The molecule has 0 aromatic rings. The van der Waals surface area contributed by atoms with Crippen molar-refractivity contribution in [2.75, 3.05) is 27.7 Å². The standard InChI is InChI=1S/C14H25NO5/c1-5-6-7-11(16)8-14(19)20-12(9-13(17)18)10-15(2,3)4/h5-6,11-12,16H,7-10H2,1-4H3/b6-5+. The Morgan fingerprint density at radius 1 is 1.30 bits per heavy atom. The van der Waals surface area contributed by atoms with E-state index in [0.29, 0.717) is 17.4 Å². The Bertz CT molecular complexity index is 346. The second-order valence-electron chi connectivity index (χ2n) is 5.82. The number of carboxylic acid groups (broad SMARTS) is 1. The van der Waals surface area contributed by atoms with E-state index >= 15 is 0 Å². The molecule has 0 amide bonds. The van der Waals surface area contributed by atoms with Gasteiger partial charge >= 0.3 is 5.97 Å². The number of rotatable bonds is 9. The molecule has 20 heavy (non-hydrogen) atoms. The third-order valence-corrected chi connectivity index (χ3v) is 2.49. The number of carbonyl (C=O) groups excluding carboxylic acids is 2. The van der Waals surface area contributed by atoms with Gasteiger partial charge in [0, 0.05) is 12.4 Å². The number of carbonyl (C=O) groups is 2. The van der Waals surface area contributed by atoms with E-state index in [-0.39, 0.29) is 12.8 Å². The van der Waals surface area contributed by atoms with Crippen LogP contribution in [-0.4, -0.2) is 61.4 Å². The average Bonchev–Trinajstić information content (AvgIpc) is 2.22. The molecular weight excluding hydrogens is 262 g/mol. The largest absolute Gasteiger partial charge is 0.550 e. The highest BCUT2D eigenvalue weighted by Gasteiger charge is 2.23. The number of quaternary nitrogens is 1. The summed E-state index contributed by atoms with van der Waals surface area (Å²) in [4.78, 5) is 22.3. The van der Waals surface area contributed by atoms with Crippen LogP contribution in [0.15, 0.2) is 12.2 Å². The summed E-state index contributed by atoms with van der Waals surface area (Å²) in [7, 11) is 5.62. The highest BCUT2D eigenvalue weighted by Crippen LogP contribution is 2.08. The van der Waals surface area contributed by atoms with Gasteiger partial charge in [-0.1, -0.05) is 12.2 Å². The van der Waals surface area contributed by atoms with Crippen LogP contribution in [-0.2, 0) is 14.3 Å². The number of likely N-dealkylation sites (N-methyl/N-ethyl adjacent to an activating group) is 1. The highest BCUT2D eigenvalue weighted by molar-refractivity contribution is 5.71. The molecule has 0 aromatic heterocycles. The molecule has 2 atom stereocenters. The number of carboxylic acids is 1. The van der Waals surface area contributed by atoms with Gasteiger partial charge in [-0.2, -0.15) is 0 Å². The maximum Gasteiger partial charge on any atom is 0.308 e. The fourth-order valence-corrected chi connectivity index (χ4v) is 1.74. The van der Waals surface area contributed by atoms with Gasteiger partial charge in [-0.05, 0) is 13.3 Å². The van der Waals surface area contributed by atoms with Crippen molar-refractivity contribution >= 4 is 11.9 Å². The Hall–Kier alpha value is -1.40. The predicted octanol–water partition coefficient (Wildman–Crippen LogP) is -0.538. The first-order valence-corrected chi connectivity index (χ1v) is 6.63. The minimum absolute atomic E-state index is 0.148. The van der Waals surface area contributed by atoms with Crippen LogP contribution in [0, 0.1) is 0 Å². The molecule has 0 bridgehead atoms. The van der Waals surface area contributed by atoms with Gasteiger partial charge in [-0.25, -0.2) is 0 Å². The third-order valence-electron chi connectivity index (χ3n) is 2.49. The lowest BCUT2D eigenvalue weighted by Crippen LogP contribution is -2.45. The lowest BCUT2D eigenvalue weighted by atomic mass is 10.1. The summed E-state index contributed by atoms with van der Waals surface area (Å²) in [6, 6.07) is 0. The first-order chi connectivity index (χ1) is 9.14. The topological polar surface area (TPSA) is 86.7 Å². The van der Waals surface area contributed by atoms with Crippen LogP contribution in [0.25, 0.3) is 0 Å². The van der Waals surface area contributed by atoms with E-state index in [1.54, 1.807) is 12.2 Å². The van der Waals surface area contributed by atoms with Crippen LogP contribution in [0.3, 0.4) is 0 Å². The van der Waals surface area contributed by atoms with Gasteiger partial charge in [0.1, 0.15) is 6.54 Å². The van der Waals surface area contributed by atoms with Crippen LogP contribution >= 0.6 is 0 Å². The number of nitrogens with zero attached hydrogens (tertiary/aromatic N) is 1. The molecule has 116 valence electrons. The number of allylic oxidation sites excluding steroid dienone is 1. The summed E-state index contributed by atoms with van der Waals surface area (Å²) < 4.78 is 5.59. The molecule has 0 saturated carbocycles. The van der Waals surface area contributed by atoms with E-state index in [2.05, 4.69) is 0 Å². The summed E-state index contributed by atoms with van der Waals surface area (Å²) in [6.07, 6.45) is 1.85. The van der Waals surface area contributed by atoms with Crippen LogP contribution in [0.5, 0.6) is 0 Å². The molecule has 1 N–H and O–H groups in total. The van der Waals surface area contributed by atoms with Crippen molar-refractivity contribution in [3.63, 3.8) is 0 Å². The van der Waals surface area contributed by atoms with E-state index in [0.717, 1.165) is 0 Å². The normalized spacial score (nSPS) is 15.1. The first kappa shape index (κ1) is 18.6. The molecule has 0 aromatic carbocycles. The maximum absolute atomic E-state index is 11.7. The van der Waals surface area contributed by atoms with Crippen LogP contribution in [0.4, 0.5) is 0 Å². The van der Waals surface area contributed by atoms with Crippen molar-refractivity contribution in [1.82, 2.24) is 0 Å². The Morgan fingerprint density at radius 3 is 2.35 bits per heavy atom. The van der Waals surface area contributed by atoms with Crippen LogP contribution < -0.4 is 5.11 Å². The van der Waals surface area contributed by atoms with Gasteiger partial charge in [-0.15, -0.1) is 0 Å². The van der Waals surface area contributed by atoms with Crippen molar-refractivity contribution in [2.24, 2.45) is 0 Å². The van der Waals surface area contributed by atoms with Gasteiger partial charge in [0.15, 0.2) is 6.10 Å². The Morgan fingerprint density at radius 2 is 1.90 bits per heavy atom. The fraction of sp³-hybridized carbons (Fsp3) is 0.714. The molecule has 0 fully saturated rings. The number of esters is 1. The fourth-order valence-electron chi connectivity index (χ4n) is 1.74. The molecule has 6 nitrogen and oxygen atoms in total. The second kappa shape index (κ2) is 8.71. The first-order valence-electron chi connectivity index (χ1n) is 6.63. The number of aliphatic carboxylic acids is 1. The molecule has 0 spiro atoms. The Balaban J connectivity index is 4.41. The van der Waals surface area contributed by atoms with Gasteiger partial charge in [0.25, 0.3) is 0 Å². The molecule has 0 radical (unpaired) electrons. The maximum atomic E-state index is 11.7. The molecule has 0 rings (SSSR count). The van der Waals surface area contributed by atoms with Crippen molar-refractivity contribution in [1.29, 1.82) is 0 Å². The van der Waals surface area contributed by atoms with Gasteiger partial charge in [-0.3, -0.25) is 4.79 Å². The molecule has 2 unspecified atom stereocenters. The molecule has 0 saturated heterocycles. The van der Waals surface area contributed by atoms with Crippen LogP contribution in [0.1, 0.15) is 26.2 Å². The van der Waals surface area contributed by atoms with Gasteiger partial charge in [0.2, 0.25) is 0 Å². The number of hydrogen-bond acceptors (Lipinski definition) is 5. The zero-order chi connectivity index (χ0) is 15.8. The SMILES string of the molecule is C/C=C/CC(O)CC(=O)OC(CC(=O)[O-])C[N+](C)(C)C. The minimum atomic E-state index is -1.26. The van der Waals surface area contributed by atoms with Gasteiger partial charge < -0.3 is 24.2 Å². The highest BCUT2D eigenvalue weighted by atomic mass is 16.5. The third kappa shape index (κ3) is 10.5. The summed E-state index contributed by atoms with van der Waals surface area (Å²) in [5, 5.41) is 20.3. The molecule has 0 aliphatic heterocycles. The smallest absolute Gasteiger partial charge is 0.308 e. The lowest BCUT2D eigenvalue weighted by Gasteiger charge is -2.29. The Labute approximate surface area is 120 Å². The number of hydrogen-bond donors (Lipinski definition) is 1. The number of ether oxygens (including phenoxy) is 1. The van der Waals surface area contributed by atoms with E-state index < -0.39 is 24.1 Å². The van der Waals surface area contributed by atoms with E-state index in [1.807, 2.05) is 28.1 Å². The number of aliphatic hydroxyl groups excluding tert-OH is 1. The monoisotopic (exact) mass is 287 g/mol. The van der Waals surface area contributed by atoms with Crippen molar-refractivity contribution in [2.45, 2.75) is 38.4 Å². The van der Waals surface area contributed by atoms with Crippen molar-refractivity contribution < 1.29 is 29.0 Å². The zero-order valence-corrected chi connectivity index (χ0v) is 12.7. The van der Waals surface area contributed by atoms with Crippen molar-refractivity contribution in [3.05, 3.63) is 12.2 Å². The molecule has 0 aliphatic carbocycles.